The zero-order valence-corrected chi connectivity index (χ0v) is 13.8. The second-order valence-electron chi connectivity index (χ2n) is 7.53. The first-order chi connectivity index (χ1) is 9.41. The van der Waals surface area contributed by atoms with Crippen LogP contribution in [0.3, 0.4) is 0 Å². The van der Waals surface area contributed by atoms with Gasteiger partial charge in [-0.15, -0.1) is 0 Å². The predicted molar refractivity (Wildman–Crippen MR) is 85.9 cm³/mol. The minimum atomic E-state index is -0.444. The molecule has 20 heavy (non-hydrogen) atoms. The first-order valence-electron chi connectivity index (χ1n) is 8.86. The molecule has 0 heterocycles. The van der Waals surface area contributed by atoms with E-state index >= 15 is 0 Å². The highest BCUT2D eigenvalue weighted by molar-refractivity contribution is 4.74. The Kier molecular flexibility index (Phi) is 8.13. The van der Waals surface area contributed by atoms with E-state index in [0.29, 0.717) is 0 Å². The van der Waals surface area contributed by atoms with Gasteiger partial charge < -0.3 is 10.2 Å². The van der Waals surface area contributed by atoms with E-state index in [0.717, 1.165) is 51.4 Å². The van der Waals surface area contributed by atoms with Crippen molar-refractivity contribution in [1.82, 2.24) is 0 Å². The van der Waals surface area contributed by atoms with E-state index in [4.69, 9.17) is 0 Å². The van der Waals surface area contributed by atoms with Crippen LogP contribution >= 0.6 is 0 Å². The summed E-state index contributed by atoms with van der Waals surface area (Å²) in [6.07, 6.45) is 15.7. The molecule has 0 aromatic heterocycles. The van der Waals surface area contributed by atoms with Crippen LogP contribution in [0.1, 0.15) is 104 Å². The lowest BCUT2D eigenvalue weighted by atomic mass is 9.89. The zero-order chi connectivity index (χ0) is 14.9. The van der Waals surface area contributed by atoms with Crippen LogP contribution in [-0.4, -0.2) is 21.4 Å². The summed E-state index contributed by atoms with van der Waals surface area (Å²) >= 11 is 0. The third kappa shape index (κ3) is 8.97. The van der Waals surface area contributed by atoms with Gasteiger partial charge in [0.05, 0.1) is 11.2 Å². The molecule has 2 heteroatoms. The van der Waals surface area contributed by atoms with Crippen molar-refractivity contribution in [3.8, 4) is 0 Å². The van der Waals surface area contributed by atoms with Crippen LogP contribution in [0.5, 0.6) is 0 Å². The second-order valence-corrected chi connectivity index (χ2v) is 7.53. The Morgan fingerprint density at radius 1 is 0.450 bits per heavy atom. The molecule has 0 aliphatic heterocycles. The van der Waals surface area contributed by atoms with Gasteiger partial charge in [0, 0.05) is 0 Å². The Morgan fingerprint density at radius 3 is 0.900 bits per heavy atom. The molecule has 2 N–H and O–H groups in total. The second kappa shape index (κ2) is 9.04. The van der Waals surface area contributed by atoms with Crippen molar-refractivity contribution in [3.05, 3.63) is 0 Å². The lowest BCUT2D eigenvalue weighted by Crippen LogP contribution is -2.24. The van der Waals surface area contributed by atoms with Crippen LogP contribution in [0, 0.1) is 0 Å². The standard InChI is InChI=1S/C18H36O2/c1-17(19)13-9-5-3-7-11-15-18(2,20)16-12-8-4-6-10-14-17/h19-20H,3-16H2,1-2H3. The molecule has 0 aromatic rings. The summed E-state index contributed by atoms with van der Waals surface area (Å²) in [4.78, 5) is 0. The van der Waals surface area contributed by atoms with Gasteiger partial charge in [0.15, 0.2) is 0 Å². The summed E-state index contributed by atoms with van der Waals surface area (Å²) in [7, 11) is 0. The van der Waals surface area contributed by atoms with Crippen molar-refractivity contribution in [3.63, 3.8) is 0 Å². The van der Waals surface area contributed by atoms with Crippen LogP contribution < -0.4 is 0 Å². The van der Waals surface area contributed by atoms with E-state index in [-0.39, 0.29) is 0 Å². The molecule has 2 nitrogen and oxygen atoms in total. The quantitative estimate of drug-likeness (QED) is 0.660. The Hall–Kier alpha value is -0.0800. The molecule has 0 saturated heterocycles. The first-order valence-corrected chi connectivity index (χ1v) is 8.86. The molecule has 0 unspecified atom stereocenters. The fourth-order valence-corrected chi connectivity index (χ4v) is 3.33. The van der Waals surface area contributed by atoms with Gasteiger partial charge in [0.25, 0.3) is 0 Å². The average Bonchev–Trinajstić information content (AvgIpc) is 2.35. The molecule has 0 aromatic carbocycles. The van der Waals surface area contributed by atoms with Crippen LogP contribution in [0.2, 0.25) is 0 Å². The lowest BCUT2D eigenvalue weighted by Gasteiger charge is -2.25. The highest BCUT2D eigenvalue weighted by Gasteiger charge is 2.20. The molecule has 1 rings (SSSR count). The smallest absolute Gasteiger partial charge is 0.0619 e. The molecule has 120 valence electrons. The van der Waals surface area contributed by atoms with Crippen molar-refractivity contribution < 1.29 is 10.2 Å². The summed E-state index contributed by atoms with van der Waals surface area (Å²) in [6.45, 7) is 4.01. The normalized spacial score (nSPS) is 36.6. The van der Waals surface area contributed by atoms with Crippen molar-refractivity contribution >= 4 is 0 Å². The first kappa shape index (κ1) is 18.0. The van der Waals surface area contributed by atoms with Gasteiger partial charge in [-0.3, -0.25) is 0 Å². The maximum Gasteiger partial charge on any atom is 0.0619 e. The van der Waals surface area contributed by atoms with Gasteiger partial charge in [0.1, 0.15) is 0 Å². The van der Waals surface area contributed by atoms with Crippen LogP contribution in [0.4, 0.5) is 0 Å². The van der Waals surface area contributed by atoms with Crippen molar-refractivity contribution in [2.24, 2.45) is 0 Å². The number of hydrogen-bond donors (Lipinski definition) is 2. The molecule has 0 amide bonds. The van der Waals surface area contributed by atoms with Crippen LogP contribution in [0.25, 0.3) is 0 Å². The average molecular weight is 284 g/mol. The third-order valence-electron chi connectivity index (χ3n) is 4.86. The molecule has 1 aliphatic rings. The molecule has 1 saturated carbocycles. The van der Waals surface area contributed by atoms with Crippen LogP contribution in [0.15, 0.2) is 0 Å². The maximum atomic E-state index is 10.3. The van der Waals surface area contributed by atoms with Gasteiger partial charge in [-0.2, -0.15) is 0 Å². The monoisotopic (exact) mass is 284 g/mol. The number of aliphatic hydroxyl groups is 2. The van der Waals surface area contributed by atoms with Crippen molar-refractivity contribution in [2.45, 2.75) is 115 Å². The highest BCUT2D eigenvalue weighted by atomic mass is 16.3. The summed E-state index contributed by atoms with van der Waals surface area (Å²) in [5.74, 6) is 0. The summed E-state index contributed by atoms with van der Waals surface area (Å²) in [5.41, 5.74) is -0.887. The molecule has 1 aliphatic carbocycles. The maximum absolute atomic E-state index is 10.3. The van der Waals surface area contributed by atoms with E-state index in [9.17, 15) is 10.2 Å². The fraction of sp³-hybridized carbons (Fsp3) is 1.00. The predicted octanol–water partition coefficient (Wildman–Crippen LogP) is 4.96. The molecular formula is C18H36O2. The molecule has 0 bridgehead atoms. The van der Waals surface area contributed by atoms with E-state index in [1.807, 2.05) is 13.8 Å². The van der Waals surface area contributed by atoms with Gasteiger partial charge in [-0.25, -0.2) is 0 Å². The van der Waals surface area contributed by atoms with E-state index in [1.165, 1.54) is 38.5 Å². The highest BCUT2D eigenvalue weighted by Crippen LogP contribution is 2.25. The lowest BCUT2D eigenvalue weighted by molar-refractivity contribution is 0.0333. The van der Waals surface area contributed by atoms with E-state index in [2.05, 4.69) is 0 Å². The van der Waals surface area contributed by atoms with E-state index in [1.54, 1.807) is 0 Å². The van der Waals surface area contributed by atoms with Crippen molar-refractivity contribution in [2.75, 3.05) is 0 Å². The number of rotatable bonds is 0. The van der Waals surface area contributed by atoms with Crippen LogP contribution in [-0.2, 0) is 0 Å². The zero-order valence-electron chi connectivity index (χ0n) is 13.8. The van der Waals surface area contributed by atoms with Gasteiger partial charge in [-0.05, 0) is 39.5 Å². The largest absolute Gasteiger partial charge is 0.390 e. The molecule has 1 fully saturated rings. The summed E-state index contributed by atoms with van der Waals surface area (Å²) < 4.78 is 0. The van der Waals surface area contributed by atoms with E-state index < -0.39 is 11.2 Å². The van der Waals surface area contributed by atoms with Crippen molar-refractivity contribution in [1.29, 1.82) is 0 Å². The van der Waals surface area contributed by atoms with Gasteiger partial charge in [0.2, 0.25) is 0 Å². The van der Waals surface area contributed by atoms with Gasteiger partial charge in [-0.1, -0.05) is 64.2 Å². The Labute approximate surface area is 126 Å². The molecule has 0 atom stereocenters. The third-order valence-corrected chi connectivity index (χ3v) is 4.86. The summed E-state index contributed by atoms with van der Waals surface area (Å²) in [6, 6.07) is 0. The van der Waals surface area contributed by atoms with Gasteiger partial charge >= 0.3 is 0 Å². The molecular weight excluding hydrogens is 248 g/mol. The minimum absolute atomic E-state index is 0.444. The fourth-order valence-electron chi connectivity index (χ4n) is 3.33. The molecule has 0 spiro atoms. The number of hydrogen-bond acceptors (Lipinski definition) is 2. The SMILES string of the molecule is CC1(O)CCCCCCCC(C)(O)CCCCCCC1. The Balaban J connectivity index is 2.34. The summed E-state index contributed by atoms with van der Waals surface area (Å²) in [5, 5.41) is 20.6. The topological polar surface area (TPSA) is 40.5 Å². The Bertz CT molecular complexity index is 200. The minimum Gasteiger partial charge on any atom is -0.390 e. The Morgan fingerprint density at radius 2 is 0.650 bits per heavy atom. The molecule has 0 radical (unpaired) electrons.